The summed E-state index contributed by atoms with van der Waals surface area (Å²) >= 11 is 0. The maximum Gasteiger partial charge on any atom is 0.225 e. The Bertz CT molecular complexity index is 223. The van der Waals surface area contributed by atoms with E-state index in [0.29, 0.717) is 5.91 Å². The van der Waals surface area contributed by atoms with Gasteiger partial charge < -0.3 is 15.1 Å². The first-order valence-electron chi connectivity index (χ1n) is 5.95. The number of piperazine rings is 1. The first-order valence-corrected chi connectivity index (χ1v) is 5.95. The summed E-state index contributed by atoms with van der Waals surface area (Å²) in [6.07, 6.45) is 2.04. The molecule has 0 radical (unpaired) electrons. The predicted octanol–water partition coefficient (Wildman–Crippen LogP) is 0.182. The van der Waals surface area contributed by atoms with E-state index >= 15 is 0 Å². The Kier molecular flexibility index (Phi) is 5.52. The van der Waals surface area contributed by atoms with Gasteiger partial charge in [-0.2, -0.15) is 0 Å². The van der Waals surface area contributed by atoms with E-state index in [2.05, 4.69) is 22.2 Å². The molecule has 2 rings (SSSR count). The van der Waals surface area contributed by atoms with Crippen LogP contribution in [0.5, 0.6) is 0 Å². The number of carbonyl (C=O) groups excluding carboxylic acids is 1. The highest BCUT2D eigenvalue weighted by molar-refractivity contribution is 5.85. The second-order valence-corrected chi connectivity index (χ2v) is 4.65. The Labute approximate surface area is 104 Å². The van der Waals surface area contributed by atoms with Crippen LogP contribution < -0.4 is 5.32 Å². The van der Waals surface area contributed by atoms with Crippen LogP contribution >= 0.6 is 12.4 Å². The lowest BCUT2D eigenvalue weighted by atomic mass is 9.96. The number of hydrogen-bond donors (Lipinski definition) is 1. The summed E-state index contributed by atoms with van der Waals surface area (Å²) in [6, 6.07) is 0. The van der Waals surface area contributed by atoms with E-state index in [0.717, 1.165) is 52.1 Å². The molecule has 0 atom stereocenters. The Balaban J connectivity index is 0.00000128. The fourth-order valence-electron chi connectivity index (χ4n) is 2.35. The zero-order valence-electron chi connectivity index (χ0n) is 9.95. The van der Waals surface area contributed by atoms with Crippen molar-refractivity contribution in [1.82, 2.24) is 15.1 Å². The second kappa shape index (κ2) is 6.42. The molecule has 0 aromatic heterocycles. The molecular formula is C11H22ClN3O. The Morgan fingerprint density at radius 3 is 2.25 bits per heavy atom. The molecule has 0 unspecified atom stereocenters. The highest BCUT2D eigenvalue weighted by atomic mass is 35.5. The van der Waals surface area contributed by atoms with Crippen LogP contribution in [-0.4, -0.2) is 62.0 Å². The molecule has 1 amide bonds. The molecule has 5 heteroatoms. The molecular weight excluding hydrogens is 226 g/mol. The van der Waals surface area contributed by atoms with Gasteiger partial charge in [0, 0.05) is 32.1 Å². The van der Waals surface area contributed by atoms with Crippen LogP contribution in [0, 0.1) is 5.92 Å². The standard InChI is InChI=1S/C11H21N3O.ClH/c1-13-6-8-14(9-7-13)11(15)10-2-4-12-5-3-10;/h10,12H,2-9H2,1H3;1H. The summed E-state index contributed by atoms with van der Waals surface area (Å²) in [7, 11) is 2.12. The van der Waals surface area contributed by atoms with Crippen LogP contribution in [0.25, 0.3) is 0 Å². The summed E-state index contributed by atoms with van der Waals surface area (Å²) in [5.74, 6) is 0.680. The van der Waals surface area contributed by atoms with Gasteiger partial charge in [-0.25, -0.2) is 0 Å². The minimum Gasteiger partial charge on any atom is -0.340 e. The van der Waals surface area contributed by atoms with Crippen molar-refractivity contribution in [2.45, 2.75) is 12.8 Å². The molecule has 2 fully saturated rings. The molecule has 0 aromatic rings. The third-order valence-corrected chi connectivity index (χ3v) is 3.50. The number of piperidine rings is 1. The van der Waals surface area contributed by atoms with Gasteiger partial charge in [0.05, 0.1) is 0 Å². The number of nitrogens with one attached hydrogen (secondary N) is 1. The monoisotopic (exact) mass is 247 g/mol. The number of halogens is 1. The minimum absolute atomic E-state index is 0. The maximum atomic E-state index is 12.1. The molecule has 94 valence electrons. The average Bonchev–Trinajstić information content (AvgIpc) is 2.30. The predicted molar refractivity (Wildman–Crippen MR) is 66.9 cm³/mol. The van der Waals surface area contributed by atoms with E-state index in [-0.39, 0.29) is 18.3 Å². The number of hydrogen-bond acceptors (Lipinski definition) is 3. The van der Waals surface area contributed by atoms with Gasteiger partial charge in [-0.05, 0) is 33.0 Å². The first-order chi connectivity index (χ1) is 7.27. The molecule has 0 saturated carbocycles. The maximum absolute atomic E-state index is 12.1. The van der Waals surface area contributed by atoms with Gasteiger partial charge in [0.1, 0.15) is 0 Å². The normalized spacial score (nSPS) is 23.9. The van der Waals surface area contributed by atoms with Crippen LogP contribution in [0.2, 0.25) is 0 Å². The summed E-state index contributed by atoms with van der Waals surface area (Å²) in [4.78, 5) is 16.5. The van der Waals surface area contributed by atoms with Gasteiger partial charge >= 0.3 is 0 Å². The molecule has 1 N–H and O–H groups in total. The highest BCUT2D eigenvalue weighted by Crippen LogP contribution is 2.16. The Morgan fingerprint density at radius 2 is 1.69 bits per heavy atom. The molecule has 2 heterocycles. The van der Waals surface area contributed by atoms with E-state index < -0.39 is 0 Å². The van der Waals surface area contributed by atoms with Crippen LogP contribution in [-0.2, 0) is 4.79 Å². The number of amides is 1. The number of rotatable bonds is 1. The Morgan fingerprint density at radius 1 is 1.12 bits per heavy atom. The smallest absolute Gasteiger partial charge is 0.225 e. The number of carbonyl (C=O) groups is 1. The summed E-state index contributed by atoms with van der Waals surface area (Å²) in [6.45, 7) is 5.89. The molecule has 0 bridgehead atoms. The summed E-state index contributed by atoms with van der Waals surface area (Å²) < 4.78 is 0. The van der Waals surface area contributed by atoms with Crippen LogP contribution in [0.3, 0.4) is 0 Å². The van der Waals surface area contributed by atoms with Crippen molar-refractivity contribution in [2.24, 2.45) is 5.92 Å². The van der Waals surface area contributed by atoms with Gasteiger partial charge in [0.2, 0.25) is 5.91 Å². The van der Waals surface area contributed by atoms with E-state index in [1.54, 1.807) is 0 Å². The molecule has 16 heavy (non-hydrogen) atoms. The quantitative estimate of drug-likeness (QED) is 0.718. The second-order valence-electron chi connectivity index (χ2n) is 4.65. The zero-order valence-corrected chi connectivity index (χ0v) is 10.8. The summed E-state index contributed by atoms with van der Waals surface area (Å²) in [5.41, 5.74) is 0. The topological polar surface area (TPSA) is 35.6 Å². The molecule has 2 aliphatic heterocycles. The van der Waals surface area contributed by atoms with Gasteiger partial charge in [0.25, 0.3) is 0 Å². The van der Waals surface area contributed by atoms with E-state index in [4.69, 9.17) is 0 Å². The van der Waals surface area contributed by atoms with Gasteiger partial charge in [-0.1, -0.05) is 0 Å². The third-order valence-electron chi connectivity index (χ3n) is 3.50. The van der Waals surface area contributed by atoms with Crippen molar-refractivity contribution in [3.05, 3.63) is 0 Å². The molecule has 2 aliphatic rings. The largest absolute Gasteiger partial charge is 0.340 e. The van der Waals surface area contributed by atoms with Crippen molar-refractivity contribution >= 4 is 18.3 Å². The number of nitrogens with zero attached hydrogens (tertiary/aromatic N) is 2. The zero-order chi connectivity index (χ0) is 10.7. The van der Waals surface area contributed by atoms with E-state index in [1.165, 1.54) is 0 Å². The van der Waals surface area contributed by atoms with Gasteiger partial charge in [-0.3, -0.25) is 4.79 Å². The first kappa shape index (κ1) is 13.7. The molecule has 0 aromatic carbocycles. The lowest BCUT2D eigenvalue weighted by molar-refractivity contribution is -0.137. The van der Waals surface area contributed by atoms with E-state index in [1.807, 2.05) is 0 Å². The lowest BCUT2D eigenvalue weighted by Gasteiger charge is -2.35. The highest BCUT2D eigenvalue weighted by Gasteiger charge is 2.27. The van der Waals surface area contributed by atoms with Crippen LogP contribution in [0.15, 0.2) is 0 Å². The fourth-order valence-corrected chi connectivity index (χ4v) is 2.35. The van der Waals surface area contributed by atoms with Crippen molar-refractivity contribution in [3.63, 3.8) is 0 Å². The van der Waals surface area contributed by atoms with Crippen molar-refractivity contribution in [3.8, 4) is 0 Å². The van der Waals surface area contributed by atoms with Gasteiger partial charge in [-0.15, -0.1) is 12.4 Å². The molecule has 2 saturated heterocycles. The van der Waals surface area contributed by atoms with Crippen LogP contribution in [0.1, 0.15) is 12.8 Å². The van der Waals surface area contributed by atoms with Gasteiger partial charge in [0.15, 0.2) is 0 Å². The van der Waals surface area contributed by atoms with Crippen molar-refractivity contribution < 1.29 is 4.79 Å². The molecule has 4 nitrogen and oxygen atoms in total. The molecule has 0 spiro atoms. The summed E-state index contributed by atoms with van der Waals surface area (Å²) in [5, 5.41) is 3.30. The minimum atomic E-state index is 0. The SMILES string of the molecule is CN1CCN(C(=O)C2CCNCC2)CC1.Cl. The number of likely N-dealkylation sites (N-methyl/N-ethyl adjacent to an activating group) is 1. The molecule has 0 aliphatic carbocycles. The lowest BCUT2D eigenvalue weighted by Crippen LogP contribution is -2.50. The third kappa shape index (κ3) is 3.34. The van der Waals surface area contributed by atoms with Crippen molar-refractivity contribution in [2.75, 3.05) is 46.3 Å². The van der Waals surface area contributed by atoms with Crippen LogP contribution in [0.4, 0.5) is 0 Å². The van der Waals surface area contributed by atoms with E-state index in [9.17, 15) is 4.79 Å². The fraction of sp³-hybridized carbons (Fsp3) is 0.909. The average molecular weight is 248 g/mol. The van der Waals surface area contributed by atoms with Crippen molar-refractivity contribution in [1.29, 1.82) is 0 Å². The Hall–Kier alpha value is -0.320.